The summed E-state index contributed by atoms with van der Waals surface area (Å²) in [4.78, 5) is 23.8. The fourth-order valence-corrected chi connectivity index (χ4v) is 2.83. The molecule has 7 heteroatoms. The molecule has 0 bridgehead atoms. The van der Waals surface area contributed by atoms with Gasteiger partial charge in [-0.2, -0.15) is 5.10 Å². The van der Waals surface area contributed by atoms with Gasteiger partial charge in [-0.05, 0) is 23.8 Å². The van der Waals surface area contributed by atoms with Crippen LogP contribution in [0, 0.1) is 0 Å². The summed E-state index contributed by atoms with van der Waals surface area (Å²) in [5.41, 5.74) is 7.40. The SMILES string of the molecule is CC(C)(C)c1cc(NC(=O)COc2cccc(C(N)=O)c2)n(Cc2ccccc2)n1. The zero-order valence-corrected chi connectivity index (χ0v) is 17.4. The Morgan fingerprint density at radius 3 is 2.47 bits per heavy atom. The molecule has 3 aromatic rings. The van der Waals surface area contributed by atoms with E-state index in [0.29, 0.717) is 23.7 Å². The number of nitrogens with two attached hydrogens (primary N) is 1. The van der Waals surface area contributed by atoms with Crippen molar-refractivity contribution < 1.29 is 14.3 Å². The fraction of sp³-hybridized carbons (Fsp3) is 0.261. The summed E-state index contributed by atoms with van der Waals surface area (Å²) in [6, 6.07) is 18.2. The molecule has 0 saturated heterocycles. The highest BCUT2D eigenvalue weighted by atomic mass is 16.5. The normalized spacial score (nSPS) is 11.2. The van der Waals surface area contributed by atoms with Crippen molar-refractivity contribution >= 4 is 17.6 Å². The lowest BCUT2D eigenvalue weighted by Gasteiger charge is -2.14. The number of primary amides is 1. The number of hydrogen-bond acceptors (Lipinski definition) is 4. The number of benzene rings is 2. The second-order valence-electron chi connectivity index (χ2n) is 8.04. The summed E-state index contributed by atoms with van der Waals surface area (Å²) in [6.45, 7) is 6.55. The van der Waals surface area contributed by atoms with Gasteiger partial charge in [-0.15, -0.1) is 0 Å². The van der Waals surface area contributed by atoms with E-state index in [0.717, 1.165) is 11.3 Å². The van der Waals surface area contributed by atoms with Crippen molar-refractivity contribution in [3.8, 4) is 5.75 Å². The standard InChI is InChI=1S/C23H26N4O3/c1-23(2,3)19-13-20(27(26-19)14-16-8-5-4-6-9-16)25-21(28)15-30-18-11-7-10-17(12-18)22(24)29/h4-13H,14-15H2,1-3H3,(H2,24,29)(H,25,28). The van der Waals surface area contributed by atoms with Crippen LogP contribution in [0.4, 0.5) is 5.82 Å². The van der Waals surface area contributed by atoms with E-state index in [1.165, 1.54) is 6.07 Å². The third-order valence-electron chi connectivity index (χ3n) is 4.48. The molecule has 3 rings (SSSR count). The van der Waals surface area contributed by atoms with Gasteiger partial charge >= 0.3 is 0 Å². The van der Waals surface area contributed by atoms with E-state index in [1.807, 2.05) is 36.4 Å². The maximum absolute atomic E-state index is 12.5. The number of carbonyl (C=O) groups excluding carboxylic acids is 2. The number of anilines is 1. The van der Waals surface area contributed by atoms with E-state index in [2.05, 4.69) is 31.2 Å². The van der Waals surface area contributed by atoms with Gasteiger partial charge in [0.25, 0.3) is 5.91 Å². The quantitative estimate of drug-likeness (QED) is 0.628. The molecule has 0 aliphatic carbocycles. The molecule has 30 heavy (non-hydrogen) atoms. The van der Waals surface area contributed by atoms with Crippen LogP contribution in [0.5, 0.6) is 5.75 Å². The second-order valence-corrected chi connectivity index (χ2v) is 8.04. The van der Waals surface area contributed by atoms with Crippen molar-refractivity contribution in [2.75, 3.05) is 11.9 Å². The number of amides is 2. The van der Waals surface area contributed by atoms with Crippen LogP contribution in [0.3, 0.4) is 0 Å². The number of ether oxygens (including phenoxy) is 1. The largest absolute Gasteiger partial charge is 0.484 e. The van der Waals surface area contributed by atoms with Crippen LogP contribution < -0.4 is 15.8 Å². The highest BCUT2D eigenvalue weighted by Gasteiger charge is 2.21. The second kappa shape index (κ2) is 8.82. The summed E-state index contributed by atoms with van der Waals surface area (Å²) in [7, 11) is 0. The van der Waals surface area contributed by atoms with Gasteiger partial charge in [0, 0.05) is 17.0 Å². The van der Waals surface area contributed by atoms with Gasteiger partial charge in [-0.25, -0.2) is 4.68 Å². The summed E-state index contributed by atoms with van der Waals surface area (Å²) >= 11 is 0. The monoisotopic (exact) mass is 406 g/mol. The minimum absolute atomic E-state index is 0.160. The lowest BCUT2D eigenvalue weighted by Crippen LogP contribution is -2.22. The van der Waals surface area contributed by atoms with Crippen molar-refractivity contribution in [1.82, 2.24) is 9.78 Å². The zero-order valence-electron chi connectivity index (χ0n) is 17.4. The Morgan fingerprint density at radius 2 is 1.80 bits per heavy atom. The van der Waals surface area contributed by atoms with Crippen molar-refractivity contribution in [2.24, 2.45) is 5.73 Å². The molecule has 0 aliphatic rings. The Labute approximate surface area is 175 Å². The molecule has 0 atom stereocenters. The maximum Gasteiger partial charge on any atom is 0.263 e. The van der Waals surface area contributed by atoms with Crippen LogP contribution in [0.25, 0.3) is 0 Å². The third-order valence-corrected chi connectivity index (χ3v) is 4.48. The van der Waals surface area contributed by atoms with Gasteiger partial charge < -0.3 is 15.8 Å². The van der Waals surface area contributed by atoms with Crippen molar-refractivity contribution in [1.29, 1.82) is 0 Å². The first-order valence-electron chi connectivity index (χ1n) is 9.67. The number of nitrogens with one attached hydrogen (secondary N) is 1. The van der Waals surface area contributed by atoms with Gasteiger partial charge in [0.15, 0.2) is 6.61 Å². The molecule has 0 spiro atoms. The molecule has 0 saturated carbocycles. The van der Waals surface area contributed by atoms with E-state index in [-0.39, 0.29) is 17.9 Å². The molecule has 1 aromatic heterocycles. The van der Waals surface area contributed by atoms with Gasteiger partial charge in [0.2, 0.25) is 5.91 Å². The Kier molecular flexibility index (Phi) is 6.20. The summed E-state index contributed by atoms with van der Waals surface area (Å²) < 4.78 is 7.29. The summed E-state index contributed by atoms with van der Waals surface area (Å²) in [5, 5.41) is 7.56. The molecule has 0 aliphatic heterocycles. The molecule has 3 N–H and O–H groups in total. The van der Waals surface area contributed by atoms with Crippen LogP contribution >= 0.6 is 0 Å². The first kappa shape index (κ1) is 21.1. The molecule has 0 unspecified atom stereocenters. The van der Waals surface area contributed by atoms with E-state index in [9.17, 15) is 9.59 Å². The molecule has 7 nitrogen and oxygen atoms in total. The van der Waals surface area contributed by atoms with Crippen LogP contribution in [0.15, 0.2) is 60.7 Å². The van der Waals surface area contributed by atoms with E-state index in [1.54, 1.807) is 22.9 Å². The highest BCUT2D eigenvalue weighted by molar-refractivity contribution is 5.93. The molecule has 2 aromatic carbocycles. The number of hydrogen-bond donors (Lipinski definition) is 2. The Bertz CT molecular complexity index is 1040. The average molecular weight is 406 g/mol. The van der Waals surface area contributed by atoms with Crippen LogP contribution in [-0.4, -0.2) is 28.2 Å². The maximum atomic E-state index is 12.5. The van der Waals surface area contributed by atoms with Gasteiger partial charge in [-0.1, -0.05) is 57.2 Å². The molecular weight excluding hydrogens is 380 g/mol. The van der Waals surface area contributed by atoms with E-state index in [4.69, 9.17) is 10.5 Å². The lowest BCUT2D eigenvalue weighted by atomic mass is 9.92. The summed E-state index contributed by atoms with van der Waals surface area (Å²) in [6.07, 6.45) is 0. The van der Waals surface area contributed by atoms with Gasteiger partial charge in [0.05, 0.1) is 12.2 Å². The first-order valence-corrected chi connectivity index (χ1v) is 9.67. The van der Waals surface area contributed by atoms with E-state index >= 15 is 0 Å². The lowest BCUT2D eigenvalue weighted by molar-refractivity contribution is -0.118. The number of nitrogens with zero attached hydrogens (tertiary/aromatic N) is 2. The molecule has 1 heterocycles. The van der Waals surface area contributed by atoms with Crippen LogP contribution in [-0.2, 0) is 16.8 Å². The predicted molar refractivity (Wildman–Crippen MR) is 116 cm³/mol. The van der Waals surface area contributed by atoms with Crippen molar-refractivity contribution in [3.63, 3.8) is 0 Å². The summed E-state index contributed by atoms with van der Waals surface area (Å²) in [5.74, 6) is 0.122. The molecule has 0 fully saturated rings. The number of rotatable bonds is 7. The number of aromatic nitrogens is 2. The smallest absolute Gasteiger partial charge is 0.263 e. The molecule has 156 valence electrons. The van der Waals surface area contributed by atoms with Gasteiger partial charge in [-0.3, -0.25) is 9.59 Å². The van der Waals surface area contributed by atoms with Crippen molar-refractivity contribution in [2.45, 2.75) is 32.7 Å². The molecule has 2 amide bonds. The topological polar surface area (TPSA) is 99.2 Å². The molecular formula is C23H26N4O3. The number of carbonyl (C=O) groups is 2. The third kappa shape index (κ3) is 5.47. The van der Waals surface area contributed by atoms with Crippen LogP contribution in [0.1, 0.15) is 42.4 Å². The fourth-order valence-electron chi connectivity index (χ4n) is 2.83. The predicted octanol–water partition coefficient (Wildman–Crippen LogP) is 3.35. The Morgan fingerprint density at radius 1 is 1.07 bits per heavy atom. The minimum Gasteiger partial charge on any atom is -0.484 e. The average Bonchev–Trinajstić information content (AvgIpc) is 3.10. The van der Waals surface area contributed by atoms with Gasteiger partial charge in [0.1, 0.15) is 11.6 Å². The molecule has 0 radical (unpaired) electrons. The zero-order chi connectivity index (χ0) is 21.7. The van der Waals surface area contributed by atoms with E-state index < -0.39 is 5.91 Å². The minimum atomic E-state index is -0.551. The Hall–Kier alpha value is -3.61. The first-order chi connectivity index (χ1) is 14.2. The van der Waals surface area contributed by atoms with Crippen molar-refractivity contribution in [3.05, 3.63) is 77.5 Å². The Balaban J connectivity index is 1.72. The van der Waals surface area contributed by atoms with Crippen LogP contribution in [0.2, 0.25) is 0 Å². The highest BCUT2D eigenvalue weighted by Crippen LogP contribution is 2.24.